The van der Waals surface area contributed by atoms with E-state index in [-0.39, 0.29) is 0 Å². The van der Waals surface area contributed by atoms with Crippen LogP contribution >= 0.6 is 0 Å². The van der Waals surface area contributed by atoms with Crippen LogP contribution in [0.2, 0.25) is 0 Å². The highest BCUT2D eigenvalue weighted by Crippen LogP contribution is 2.11. The molecule has 0 bridgehead atoms. The van der Waals surface area contributed by atoms with Crippen LogP contribution in [0.15, 0.2) is 0 Å². The van der Waals surface area contributed by atoms with Gasteiger partial charge in [0.15, 0.2) is 5.69 Å². The lowest BCUT2D eigenvalue weighted by Gasteiger charge is -2.06. The van der Waals surface area contributed by atoms with Crippen molar-refractivity contribution in [2.24, 2.45) is 5.73 Å². The number of ether oxygens (including phenoxy) is 1. The Labute approximate surface area is 120 Å². The summed E-state index contributed by atoms with van der Waals surface area (Å²) in [6, 6.07) is 0. The van der Waals surface area contributed by atoms with Crippen molar-refractivity contribution in [3.05, 3.63) is 11.4 Å². The van der Waals surface area contributed by atoms with E-state index in [4.69, 9.17) is 10.5 Å². The maximum Gasteiger partial charge on any atom is 0.360 e. The Balaban J connectivity index is 2.52. The Morgan fingerprint density at radius 2 is 1.95 bits per heavy atom. The normalized spacial score (nSPS) is 10.8. The second-order valence-corrected chi connectivity index (χ2v) is 4.91. The fourth-order valence-electron chi connectivity index (χ4n) is 2.19. The zero-order valence-corrected chi connectivity index (χ0v) is 12.6. The molecule has 0 amide bonds. The highest BCUT2D eigenvalue weighted by molar-refractivity contribution is 5.88. The molecule has 0 aliphatic heterocycles. The van der Waals surface area contributed by atoms with E-state index in [0.29, 0.717) is 18.7 Å². The summed E-state index contributed by atoms with van der Waals surface area (Å²) in [6.45, 7) is 3.46. The molecule has 20 heavy (non-hydrogen) atoms. The van der Waals surface area contributed by atoms with Crippen LogP contribution in [-0.2, 0) is 17.7 Å². The van der Waals surface area contributed by atoms with Crippen molar-refractivity contribution < 1.29 is 9.53 Å². The lowest BCUT2D eigenvalue weighted by molar-refractivity contribution is 0.0592. The molecule has 2 N–H and O–H groups in total. The van der Waals surface area contributed by atoms with Gasteiger partial charge < -0.3 is 10.5 Å². The minimum Gasteiger partial charge on any atom is -0.464 e. The zero-order chi connectivity index (χ0) is 14.8. The number of nitrogens with zero attached hydrogens (tertiary/aromatic N) is 3. The first kappa shape index (κ1) is 16.6. The molecule has 0 fully saturated rings. The van der Waals surface area contributed by atoms with Gasteiger partial charge in [-0.15, -0.1) is 5.10 Å². The molecule has 1 aromatic rings. The van der Waals surface area contributed by atoms with Crippen LogP contribution in [0.25, 0.3) is 0 Å². The molecule has 0 aliphatic rings. The fraction of sp³-hybridized carbons (Fsp3) is 0.786. The third-order valence-corrected chi connectivity index (χ3v) is 3.32. The number of hydrogen-bond donors (Lipinski definition) is 1. The lowest BCUT2D eigenvalue weighted by Crippen LogP contribution is -2.14. The predicted octanol–water partition coefficient (Wildman–Crippen LogP) is 1.93. The standard InChI is InChI=1S/C14H26N4O2/c1-3-4-5-6-7-8-11-18-12(9-10-15)13(16-17-18)14(19)20-2/h3-11,15H2,1-2H3. The number of rotatable bonds is 10. The van der Waals surface area contributed by atoms with E-state index in [1.807, 2.05) is 0 Å². The van der Waals surface area contributed by atoms with E-state index in [2.05, 4.69) is 17.2 Å². The van der Waals surface area contributed by atoms with Gasteiger partial charge in [-0.3, -0.25) is 0 Å². The molecule has 1 aromatic heterocycles. The Morgan fingerprint density at radius 3 is 2.60 bits per heavy atom. The van der Waals surface area contributed by atoms with Crippen LogP contribution in [-0.4, -0.2) is 34.6 Å². The molecule has 0 unspecified atom stereocenters. The van der Waals surface area contributed by atoms with E-state index in [1.54, 1.807) is 4.68 Å². The summed E-state index contributed by atoms with van der Waals surface area (Å²) in [4.78, 5) is 11.6. The highest BCUT2D eigenvalue weighted by Gasteiger charge is 2.19. The maximum absolute atomic E-state index is 11.6. The van der Waals surface area contributed by atoms with E-state index >= 15 is 0 Å². The Morgan fingerprint density at radius 1 is 1.25 bits per heavy atom. The summed E-state index contributed by atoms with van der Waals surface area (Å²) < 4.78 is 6.50. The Kier molecular flexibility index (Phi) is 7.87. The molecule has 0 aliphatic carbocycles. The monoisotopic (exact) mass is 282 g/mol. The van der Waals surface area contributed by atoms with Crippen LogP contribution in [0.4, 0.5) is 0 Å². The minimum absolute atomic E-state index is 0.295. The number of aryl methyl sites for hydroxylation is 1. The average molecular weight is 282 g/mol. The van der Waals surface area contributed by atoms with Gasteiger partial charge >= 0.3 is 5.97 Å². The molecule has 0 spiro atoms. The van der Waals surface area contributed by atoms with Crippen molar-refractivity contribution in [2.45, 2.75) is 58.4 Å². The topological polar surface area (TPSA) is 83.0 Å². The number of methoxy groups -OCH3 is 1. The quantitative estimate of drug-likeness (QED) is 0.523. The van der Waals surface area contributed by atoms with E-state index in [9.17, 15) is 4.79 Å². The van der Waals surface area contributed by atoms with E-state index in [0.717, 1.165) is 18.7 Å². The van der Waals surface area contributed by atoms with Crippen molar-refractivity contribution in [3.63, 3.8) is 0 Å². The van der Waals surface area contributed by atoms with Crippen molar-refractivity contribution in [3.8, 4) is 0 Å². The average Bonchev–Trinajstić information content (AvgIpc) is 2.85. The molecular formula is C14H26N4O2. The molecule has 1 heterocycles. The molecule has 0 radical (unpaired) electrons. The smallest absolute Gasteiger partial charge is 0.360 e. The molecule has 0 saturated carbocycles. The summed E-state index contributed by atoms with van der Waals surface area (Å²) in [6.07, 6.45) is 7.91. The summed E-state index contributed by atoms with van der Waals surface area (Å²) >= 11 is 0. The number of aromatic nitrogens is 3. The molecule has 0 atom stereocenters. The van der Waals surface area contributed by atoms with Gasteiger partial charge in [0.1, 0.15) is 0 Å². The number of nitrogens with two attached hydrogens (primary N) is 1. The van der Waals surface area contributed by atoms with Crippen molar-refractivity contribution in [2.75, 3.05) is 13.7 Å². The Hall–Kier alpha value is -1.43. The number of esters is 1. The van der Waals surface area contributed by atoms with Crippen LogP contribution < -0.4 is 5.73 Å². The SMILES string of the molecule is CCCCCCCCn1nnc(C(=O)OC)c1CCN. The number of carbonyl (C=O) groups excluding carboxylic acids is 1. The first-order chi connectivity index (χ1) is 9.74. The minimum atomic E-state index is -0.442. The third kappa shape index (κ3) is 4.92. The van der Waals surface area contributed by atoms with Gasteiger partial charge in [0.25, 0.3) is 0 Å². The summed E-state index contributed by atoms with van der Waals surface area (Å²) in [5.41, 5.74) is 6.67. The summed E-state index contributed by atoms with van der Waals surface area (Å²) in [7, 11) is 1.35. The van der Waals surface area contributed by atoms with Gasteiger partial charge in [-0.05, 0) is 13.0 Å². The van der Waals surface area contributed by atoms with Crippen molar-refractivity contribution >= 4 is 5.97 Å². The number of unbranched alkanes of at least 4 members (excludes halogenated alkanes) is 5. The second-order valence-electron chi connectivity index (χ2n) is 4.91. The summed E-state index contributed by atoms with van der Waals surface area (Å²) in [5.74, 6) is -0.442. The van der Waals surface area contributed by atoms with Gasteiger partial charge in [0.05, 0.1) is 12.8 Å². The van der Waals surface area contributed by atoms with E-state index < -0.39 is 5.97 Å². The van der Waals surface area contributed by atoms with Crippen molar-refractivity contribution in [1.29, 1.82) is 0 Å². The first-order valence-electron chi connectivity index (χ1n) is 7.45. The predicted molar refractivity (Wildman–Crippen MR) is 77.5 cm³/mol. The van der Waals surface area contributed by atoms with Gasteiger partial charge in [-0.25, -0.2) is 9.48 Å². The van der Waals surface area contributed by atoms with Crippen LogP contribution in [0.1, 0.15) is 61.6 Å². The molecule has 6 nitrogen and oxygen atoms in total. The number of carbonyl (C=O) groups is 1. The van der Waals surface area contributed by atoms with Crippen molar-refractivity contribution in [1.82, 2.24) is 15.0 Å². The third-order valence-electron chi connectivity index (χ3n) is 3.32. The largest absolute Gasteiger partial charge is 0.464 e. The first-order valence-corrected chi connectivity index (χ1v) is 7.45. The van der Waals surface area contributed by atoms with Gasteiger partial charge in [-0.1, -0.05) is 44.2 Å². The maximum atomic E-state index is 11.6. The molecule has 114 valence electrons. The molecule has 6 heteroatoms. The van der Waals surface area contributed by atoms with Crippen LogP contribution in [0.3, 0.4) is 0 Å². The lowest BCUT2D eigenvalue weighted by atomic mass is 10.1. The zero-order valence-electron chi connectivity index (χ0n) is 12.6. The van der Waals surface area contributed by atoms with Gasteiger partial charge in [0, 0.05) is 13.0 Å². The molecule has 0 saturated heterocycles. The fourth-order valence-corrected chi connectivity index (χ4v) is 2.19. The van der Waals surface area contributed by atoms with Crippen LogP contribution in [0.5, 0.6) is 0 Å². The van der Waals surface area contributed by atoms with Gasteiger partial charge in [-0.2, -0.15) is 0 Å². The Bertz CT molecular complexity index is 404. The number of hydrogen-bond acceptors (Lipinski definition) is 5. The van der Waals surface area contributed by atoms with E-state index in [1.165, 1.54) is 39.2 Å². The molecular weight excluding hydrogens is 256 g/mol. The summed E-state index contributed by atoms with van der Waals surface area (Å²) in [5, 5.41) is 7.96. The second kappa shape index (κ2) is 9.47. The molecule has 0 aromatic carbocycles. The van der Waals surface area contributed by atoms with Gasteiger partial charge in [0.2, 0.25) is 0 Å². The highest BCUT2D eigenvalue weighted by atomic mass is 16.5. The van der Waals surface area contributed by atoms with Crippen LogP contribution in [0, 0.1) is 0 Å². The molecule has 1 rings (SSSR count).